The van der Waals surface area contributed by atoms with E-state index in [2.05, 4.69) is 38.1 Å². The van der Waals surface area contributed by atoms with Crippen molar-refractivity contribution in [2.75, 3.05) is 0 Å². The minimum Gasteiger partial charge on any atom is -0.328 e. The number of benzene rings is 1. The van der Waals surface area contributed by atoms with Crippen LogP contribution in [-0.4, -0.2) is 6.04 Å². The van der Waals surface area contributed by atoms with Gasteiger partial charge in [0.25, 0.3) is 0 Å². The highest BCUT2D eigenvalue weighted by atomic mass is 14.6. The van der Waals surface area contributed by atoms with Gasteiger partial charge in [-0.1, -0.05) is 31.2 Å². The topological polar surface area (TPSA) is 26.0 Å². The average Bonchev–Trinajstić information content (AvgIpc) is 2.15. The van der Waals surface area contributed by atoms with Gasteiger partial charge < -0.3 is 5.73 Å². The Morgan fingerprint density at radius 3 is 2.15 bits per heavy atom. The van der Waals surface area contributed by atoms with Gasteiger partial charge in [-0.25, -0.2) is 0 Å². The van der Waals surface area contributed by atoms with Gasteiger partial charge in [0.15, 0.2) is 0 Å². The van der Waals surface area contributed by atoms with Gasteiger partial charge in [-0.05, 0) is 37.3 Å². The fourth-order valence-corrected chi connectivity index (χ4v) is 1.34. The van der Waals surface area contributed by atoms with Crippen LogP contribution < -0.4 is 5.73 Å². The molecule has 0 saturated carbocycles. The van der Waals surface area contributed by atoms with Crippen molar-refractivity contribution in [1.29, 1.82) is 0 Å². The maximum absolute atomic E-state index is 5.70. The van der Waals surface area contributed by atoms with E-state index in [1.54, 1.807) is 0 Å². The van der Waals surface area contributed by atoms with Gasteiger partial charge >= 0.3 is 0 Å². The largest absolute Gasteiger partial charge is 0.328 e. The second-order valence-corrected chi connectivity index (χ2v) is 3.69. The fourth-order valence-electron chi connectivity index (χ4n) is 1.34. The first-order valence-electron chi connectivity index (χ1n) is 5.05. The van der Waals surface area contributed by atoms with E-state index in [9.17, 15) is 0 Å². The molecule has 2 N–H and O–H groups in total. The van der Waals surface area contributed by atoms with Crippen molar-refractivity contribution < 1.29 is 0 Å². The molecule has 72 valence electrons. The summed E-state index contributed by atoms with van der Waals surface area (Å²) < 4.78 is 0. The van der Waals surface area contributed by atoms with E-state index in [0.717, 1.165) is 19.3 Å². The molecular formula is C12H19N. The third kappa shape index (κ3) is 3.60. The van der Waals surface area contributed by atoms with Gasteiger partial charge in [-0.15, -0.1) is 0 Å². The highest BCUT2D eigenvalue weighted by Gasteiger charge is 1.96. The van der Waals surface area contributed by atoms with Crippen molar-refractivity contribution in [3.8, 4) is 0 Å². The standard InChI is InChI=1S/C12H19N/c1-3-11-6-8-12(9-7-11)5-4-10(2)13/h6-10H,3-5,13H2,1-2H3. The van der Waals surface area contributed by atoms with E-state index >= 15 is 0 Å². The first-order valence-corrected chi connectivity index (χ1v) is 5.05. The van der Waals surface area contributed by atoms with Crippen LogP contribution in [0.25, 0.3) is 0 Å². The summed E-state index contributed by atoms with van der Waals surface area (Å²) in [4.78, 5) is 0. The lowest BCUT2D eigenvalue weighted by atomic mass is 10.0. The summed E-state index contributed by atoms with van der Waals surface area (Å²) in [5.74, 6) is 0. The van der Waals surface area contributed by atoms with Gasteiger partial charge in [0.05, 0.1) is 0 Å². The normalized spacial score (nSPS) is 12.8. The smallest absolute Gasteiger partial charge is 0.00136 e. The van der Waals surface area contributed by atoms with Crippen LogP contribution in [0.4, 0.5) is 0 Å². The van der Waals surface area contributed by atoms with E-state index in [4.69, 9.17) is 5.73 Å². The van der Waals surface area contributed by atoms with Gasteiger partial charge in [0.1, 0.15) is 0 Å². The second-order valence-electron chi connectivity index (χ2n) is 3.69. The molecular weight excluding hydrogens is 158 g/mol. The quantitative estimate of drug-likeness (QED) is 0.751. The van der Waals surface area contributed by atoms with Crippen LogP contribution in [0.1, 0.15) is 31.4 Å². The van der Waals surface area contributed by atoms with Gasteiger partial charge in [-0.3, -0.25) is 0 Å². The second kappa shape index (κ2) is 5.03. The van der Waals surface area contributed by atoms with E-state index in [0.29, 0.717) is 6.04 Å². The first-order chi connectivity index (χ1) is 6.22. The van der Waals surface area contributed by atoms with Crippen molar-refractivity contribution in [1.82, 2.24) is 0 Å². The average molecular weight is 177 g/mol. The van der Waals surface area contributed by atoms with Gasteiger partial charge in [0, 0.05) is 6.04 Å². The van der Waals surface area contributed by atoms with Crippen molar-refractivity contribution in [2.45, 2.75) is 39.2 Å². The number of hydrogen-bond donors (Lipinski definition) is 1. The molecule has 1 aromatic carbocycles. The Labute approximate surface area is 81.0 Å². The zero-order valence-electron chi connectivity index (χ0n) is 8.59. The Hall–Kier alpha value is -0.820. The summed E-state index contributed by atoms with van der Waals surface area (Å²) in [5.41, 5.74) is 8.50. The maximum atomic E-state index is 5.70. The lowest BCUT2D eigenvalue weighted by molar-refractivity contribution is 0.666. The molecule has 0 aliphatic rings. The van der Waals surface area contributed by atoms with E-state index in [1.165, 1.54) is 11.1 Å². The number of aryl methyl sites for hydroxylation is 2. The van der Waals surface area contributed by atoms with Crippen LogP contribution in [0.3, 0.4) is 0 Å². The van der Waals surface area contributed by atoms with E-state index < -0.39 is 0 Å². The van der Waals surface area contributed by atoms with Crippen molar-refractivity contribution in [3.05, 3.63) is 35.4 Å². The minimum atomic E-state index is 0.311. The molecule has 1 heteroatoms. The monoisotopic (exact) mass is 177 g/mol. The van der Waals surface area contributed by atoms with E-state index in [-0.39, 0.29) is 0 Å². The first kappa shape index (κ1) is 10.3. The molecule has 0 bridgehead atoms. The highest BCUT2D eigenvalue weighted by Crippen LogP contribution is 2.07. The Kier molecular flexibility index (Phi) is 3.97. The van der Waals surface area contributed by atoms with Crippen LogP contribution in [-0.2, 0) is 12.8 Å². The summed E-state index contributed by atoms with van der Waals surface area (Å²) >= 11 is 0. The molecule has 1 rings (SSSR count). The number of nitrogens with two attached hydrogens (primary N) is 1. The molecule has 0 aromatic heterocycles. The van der Waals surface area contributed by atoms with Gasteiger partial charge in [-0.2, -0.15) is 0 Å². The van der Waals surface area contributed by atoms with Crippen LogP contribution in [0.5, 0.6) is 0 Å². The summed E-state index contributed by atoms with van der Waals surface area (Å²) in [6.07, 6.45) is 3.29. The molecule has 1 unspecified atom stereocenters. The predicted molar refractivity (Wildman–Crippen MR) is 57.8 cm³/mol. The number of hydrogen-bond acceptors (Lipinski definition) is 1. The fraction of sp³-hybridized carbons (Fsp3) is 0.500. The molecule has 1 aromatic rings. The lowest BCUT2D eigenvalue weighted by Gasteiger charge is -2.05. The lowest BCUT2D eigenvalue weighted by Crippen LogP contribution is -2.15. The van der Waals surface area contributed by atoms with Crippen LogP contribution >= 0.6 is 0 Å². The molecule has 0 heterocycles. The maximum Gasteiger partial charge on any atom is 0.00136 e. The van der Waals surface area contributed by atoms with E-state index in [1.807, 2.05) is 0 Å². The SMILES string of the molecule is CCc1ccc(CCC(C)N)cc1. The Morgan fingerprint density at radius 2 is 1.69 bits per heavy atom. The Bertz CT molecular complexity index is 236. The molecule has 0 fully saturated rings. The minimum absolute atomic E-state index is 0.311. The summed E-state index contributed by atoms with van der Waals surface area (Å²) in [5, 5.41) is 0. The van der Waals surface area contributed by atoms with Crippen molar-refractivity contribution >= 4 is 0 Å². The molecule has 13 heavy (non-hydrogen) atoms. The molecule has 1 atom stereocenters. The third-order valence-corrected chi connectivity index (χ3v) is 2.32. The van der Waals surface area contributed by atoms with Crippen LogP contribution in [0.2, 0.25) is 0 Å². The Balaban J connectivity index is 2.49. The summed E-state index contributed by atoms with van der Waals surface area (Å²) in [6.45, 7) is 4.23. The van der Waals surface area contributed by atoms with Crippen LogP contribution in [0, 0.1) is 0 Å². The molecule has 0 radical (unpaired) electrons. The number of rotatable bonds is 4. The third-order valence-electron chi connectivity index (χ3n) is 2.32. The molecule has 0 saturated heterocycles. The van der Waals surface area contributed by atoms with Crippen molar-refractivity contribution in [2.24, 2.45) is 5.73 Å². The molecule has 0 amide bonds. The Morgan fingerprint density at radius 1 is 1.15 bits per heavy atom. The van der Waals surface area contributed by atoms with Gasteiger partial charge in [0.2, 0.25) is 0 Å². The molecule has 1 nitrogen and oxygen atoms in total. The molecule has 0 aliphatic heterocycles. The zero-order chi connectivity index (χ0) is 9.68. The molecule has 0 aliphatic carbocycles. The van der Waals surface area contributed by atoms with Crippen molar-refractivity contribution in [3.63, 3.8) is 0 Å². The highest BCUT2D eigenvalue weighted by molar-refractivity contribution is 5.22. The summed E-state index contributed by atoms with van der Waals surface area (Å²) in [6, 6.07) is 9.14. The van der Waals surface area contributed by atoms with Crippen LogP contribution in [0.15, 0.2) is 24.3 Å². The predicted octanol–water partition coefficient (Wildman–Crippen LogP) is 2.53. The summed E-state index contributed by atoms with van der Waals surface area (Å²) in [7, 11) is 0. The molecule has 0 spiro atoms. The zero-order valence-corrected chi connectivity index (χ0v) is 8.59.